The summed E-state index contributed by atoms with van der Waals surface area (Å²) in [6.45, 7) is 1.91. The molecule has 1 aromatic carbocycles. The van der Waals surface area contributed by atoms with Gasteiger partial charge in [-0.1, -0.05) is 17.7 Å². The molecule has 15 heavy (non-hydrogen) atoms. The van der Waals surface area contributed by atoms with E-state index in [1.54, 1.807) is 25.2 Å². The van der Waals surface area contributed by atoms with Crippen molar-refractivity contribution in [2.75, 3.05) is 13.6 Å². The van der Waals surface area contributed by atoms with Crippen LogP contribution in [0, 0.1) is 18.3 Å². The lowest BCUT2D eigenvalue weighted by molar-refractivity contribution is 0.0811. The van der Waals surface area contributed by atoms with E-state index in [-0.39, 0.29) is 12.5 Å². The largest absolute Gasteiger partial charge is 0.328 e. The number of nitriles is 1. The second-order valence-electron chi connectivity index (χ2n) is 3.28. The monoisotopic (exact) mass is 222 g/mol. The molecule has 0 aliphatic rings. The van der Waals surface area contributed by atoms with Crippen molar-refractivity contribution in [3.05, 3.63) is 34.3 Å². The summed E-state index contributed by atoms with van der Waals surface area (Å²) in [5.74, 6) is -0.184. The van der Waals surface area contributed by atoms with Gasteiger partial charge in [-0.25, -0.2) is 0 Å². The zero-order valence-corrected chi connectivity index (χ0v) is 9.38. The smallest absolute Gasteiger partial charge is 0.254 e. The van der Waals surface area contributed by atoms with Crippen molar-refractivity contribution in [1.82, 2.24) is 4.90 Å². The number of halogens is 1. The Bertz CT molecular complexity index is 423. The minimum absolute atomic E-state index is 0.0742. The minimum Gasteiger partial charge on any atom is -0.328 e. The van der Waals surface area contributed by atoms with Gasteiger partial charge in [0.15, 0.2) is 0 Å². The SMILES string of the molecule is Cc1ccc(Cl)cc1C(=O)N(C)CC#N. The third kappa shape index (κ3) is 2.71. The van der Waals surface area contributed by atoms with Crippen LogP contribution in [0.4, 0.5) is 0 Å². The summed E-state index contributed by atoms with van der Waals surface area (Å²) in [5.41, 5.74) is 1.40. The van der Waals surface area contributed by atoms with Crippen molar-refractivity contribution in [2.45, 2.75) is 6.92 Å². The Morgan fingerprint density at radius 3 is 2.87 bits per heavy atom. The van der Waals surface area contributed by atoms with Gasteiger partial charge in [-0.3, -0.25) is 4.79 Å². The van der Waals surface area contributed by atoms with Gasteiger partial charge in [-0.05, 0) is 24.6 Å². The Hall–Kier alpha value is -1.53. The summed E-state index contributed by atoms with van der Waals surface area (Å²) >= 11 is 5.81. The highest BCUT2D eigenvalue weighted by molar-refractivity contribution is 6.31. The average Bonchev–Trinajstić information content (AvgIpc) is 2.21. The third-order valence-corrected chi connectivity index (χ3v) is 2.32. The van der Waals surface area contributed by atoms with Gasteiger partial charge < -0.3 is 4.90 Å². The van der Waals surface area contributed by atoms with Gasteiger partial charge in [0.05, 0.1) is 6.07 Å². The molecule has 4 heteroatoms. The zero-order chi connectivity index (χ0) is 11.4. The molecule has 1 rings (SSSR count). The van der Waals surface area contributed by atoms with Crippen molar-refractivity contribution in [3.63, 3.8) is 0 Å². The topological polar surface area (TPSA) is 44.1 Å². The van der Waals surface area contributed by atoms with Gasteiger partial charge >= 0.3 is 0 Å². The fraction of sp³-hybridized carbons (Fsp3) is 0.273. The molecule has 0 fully saturated rings. The maximum Gasteiger partial charge on any atom is 0.254 e. The van der Waals surface area contributed by atoms with Crippen molar-refractivity contribution >= 4 is 17.5 Å². The second-order valence-corrected chi connectivity index (χ2v) is 3.72. The summed E-state index contributed by atoms with van der Waals surface area (Å²) in [6.07, 6.45) is 0. The van der Waals surface area contributed by atoms with E-state index in [9.17, 15) is 4.79 Å². The van der Waals surface area contributed by atoms with Gasteiger partial charge in [-0.2, -0.15) is 5.26 Å². The van der Waals surface area contributed by atoms with Crippen LogP contribution in [0.25, 0.3) is 0 Å². The van der Waals surface area contributed by atoms with Crippen LogP contribution >= 0.6 is 11.6 Å². The minimum atomic E-state index is -0.184. The first-order valence-corrected chi connectivity index (χ1v) is 4.82. The van der Waals surface area contributed by atoms with Crippen LogP contribution in [0.2, 0.25) is 5.02 Å². The van der Waals surface area contributed by atoms with Crippen molar-refractivity contribution in [3.8, 4) is 6.07 Å². The number of carbonyl (C=O) groups excluding carboxylic acids is 1. The number of nitrogens with zero attached hydrogens (tertiary/aromatic N) is 2. The Morgan fingerprint density at radius 1 is 1.60 bits per heavy atom. The summed E-state index contributed by atoms with van der Waals surface area (Å²) < 4.78 is 0. The Kier molecular flexibility index (Phi) is 3.70. The fourth-order valence-electron chi connectivity index (χ4n) is 1.21. The van der Waals surface area contributed by atoms with Crippen LogP contribution in [0.15, 0.2) is 18.2 Å². The normalized spacial score (nSPS) is 9.47. The third-order valence-electron chi connectivity index (χ3n) is 2.08. The molecular formula is C11H11ClN2O. The van der Waals surface area contributed by atoms with E-state index < -0.39 is 0 Å². The lowest BCUT2D eigenvalue weighted by Gasteiger charge is -2.14. The average molecular weight is 223 g/mol. The molecule has 0 aliphatic heterocycles. The first-order valence-electron chi connectivity index (χ1n) is 4.45. The molecule has 78 valence electrons. The number of benzene rings is 1. The van der Waals surface area contributed by atoms with E-state index >= 15 is 0 Å². The van der Waals surface area contributed by atoms with Gasteiger partial charge in [-0.15, -0.1) is 0 Å². The van der Waals surface area contributed by atoms with E-state index in [0.29, 0.717) is 10.6 Å². The van der Waals surface area contributed by atoms with E-state index in [0.717, 1.165) is 5.56 Å². The van der Waals surface area contributed by atoms with Crippen LogP contribution in [0.5, 0.6) is 0 Å². The summed E-state index contributed by atoms with van der Waals surface area (Å²) in [5, 5.41) is 9.01. The highest BCUT2D eigenvalue weighted by Gasteiger charge is 2.13. The molecule has 0 unspecified atom stereocenters. The predicted molar refractivity (Wildman–Crippen MR) is 58.8 cm³/mol. The summed E-state index contributed by atoms with van der Waals surface area (Å²) in [7, 11) is 1.59. The fourth-order valence-corrected chi connectivity index (χ4v) is 1.38. The number of hydrogen-bond acceptors (Lipinski definition) is 2. The zero-order valence-electron chi connectivity index (χ0n) is 8.62. The molecule has 0 radical (unpaired) electrons. The Balaban J connectivity index is 3.01. The molecule has 0 bridgehead atoms. The number of aryl methyl sites for hydroxylation is 1. The molecule has 1 aromatic rings. The molecule has 0 heterocycles. The Morgan fingerprint density at radius 2 is 2.27 bits per heavy atom. The van der Waals surface area contributed by atoms with Crippen LogP contribution in [-0.4, -0.2) is 24.4 Å². The van der Waals surface area contributed by atoms with Crippen molar-refractivity contribution in [2.24, 2.45) is 0 Å². The number of rotatable bonds is 2. The van der Waals surface area contributed by atoms with E-state index in [4.69, 9.17) is 16.9 Å². The molecule has 0 N–H and O–H groups in total. The van der Waals surface area contributed by atoms with E-state index in [1.807, 2.05) is 13.0 Å². The quantitative estimate of drug-likeness (QED) is 0.721. The molecule has 3 nitrogen and oxygen atoms in total. The standard InChI is InChI=1S/C11H11ClN2O/c1-8-3-4-9(12)7-10(8)11(15)14(2)6-5-13/h3-4,7H,6H2,1-2H3. The number of hydrogen-bond donors (Lipinski definition) is 0. The maximum atomic E-state index is 11.8. The first kappa shape index (κ1) is 11.5. The molecule has 0 spiro atoms. The maximum absolute atomic E-state index is 11.8. The van der Waals surface area contributed by atoms with E-state index in [1.165, 1.54) is 4.90 Å². The molecular weight excluding hydrogens is 212 g/mol. The van der Waals surface area contributed by atoms with Crippen LogP contribution in [0.1, 0.15) is 15.9 Å². The van der Waals surface area contributed by atoms with Gasteiger partial charge in [0.1, 0.15) is 6.54 Å². The lowest BCUT2D eigenvalue weighted by Crippen LogP contribution is -2.27. The van der Waals surface area contributed by atoms with Crippen LogP contribution < -0.4 is 0 Å². The number of carbonyl (C=O) groups is 1. The van der Waals surface area contributed by atoms with E-state index in [2.05, 4.69) is 0 Å². The lowest BCUT2D eigenvalue weighted by atomic mass is 10.1. The van der Waals surface area contributed by atoms with Crippen LogP contribution in [-0.2, 0) is 0 Å². The second kappa shape index (κ2) is 4.81. The van der Waals surface area contributed by atoms with Gasteiger partial charge in [0.25, 0.3) is 5.91 Å². The van der Waals surface area contributed by atoms with Crippen molar-refractivity contribution < 1.29 is 4.79 Å². The molecule has 0 saturated carbocycles. The predicted octanol–water partition coefficient (Wildman–Crippen LogP) is 2.24. The van der Waals surface area contributed by atoms with Crippen molar-refractivity contribution in [1.29, 1.82) is 5.26 Å². The van der Waals surface area contributed by atoms with Crippen LogP contribution in [0.3, 0.4) is 0 Å². The molecule has 1 amide bonds. The summed E-state index contributed by atoms with van der Waals surface area (Å²) in [4.78, 5) is 13.2. The summed E-state index contributed by atoms with van der Waals surface area (Å²) in [6, 6.07) is 7.06. The highest BCUT2D eigenvalue weighted by Crippen LogP contribution is 2.16. The molecule has 0 saturated heterocycles. The van der Waals surface area contributed by atoms with Gasteiger partial charge in [0.2, 0.25) is 0 Å². The molecule has 0 atom stereocenters. The number of amides is 1. The van der Waals surface area contributed by atoms with Gasteiger partial charge in [0, 0.05) is 17.6 Å². The first-order chi connectivity index (χ1) is 7.06. The molecule has 0 aromatic heterocycles. The Labute approximate surface area is 93.9 Å². The molecule has 0 aliphatic carbocycles. The highest BCUT2D eigenvalue weighted by atomic mass is 35.5.